The highest BCUT2D eigenvalue weighted by Gasteiger charge is 2.44. The van der Waals surface area contributed by atoms with Gasteiger partial charge in [0, 0.05) is 49.2 Å². The number of likely N-dealkylation sites (tertiary alicyclic amines) is 1. The summed E-state index contributed by atoms with van der Waals surface area (Å²) in [5.41, 5.74) is 0.865. The van der Waals surface area contributed by atoms with Crippen LogP contribution in [0.15, 0.2) is 41.8 Å². The lowest BCUT2D eigenvalue weighted by Gasteiger charge is -2.47. The number of fused-ring (bicyclic) bond motifs is 1. The average Bonchev–Trinajstić information content (AvgIpc) is 3.40. The van der Waals surface area contributed by atoms with Gasteiger partial charge in [-0.25, -0.2) is 0 Å². The number of ether oxygens (including phenoxy) is 1. The summed E-state index contributed by atoms with van der Waals surface area (Å²) in [7, 11) is 0. The first-order valence-electron chi connectivity index (χ1n) is 11.0. The van der Waals surface area contributed by atoms with Crippen LogP contribution in [0.4, 0.5) is 0 Å². The van der Waals surface area contributed by atoms with Crippen LogP contribution in [0.25, 0.3) is 0 Å². The zero-order chi connectivity index (χ0) is 20.6. The number of hydrogen-bond donors (Lipinski definition) is 1. The first-order chi connectivity index (χ1) is 14.6. The van der Waals surface area contributed by atoms with Gasteiger partial charge in [0.15, 0.2) is 0 Å². The number of para-hydroxylation sites is 1. The summed E-state index contributed by atoms with van der Waals surface area (Å²) < 4.78 is 6.53. The first kappa shape index (κ1) is 19.6. The van der Waals surface area contributed by atoms with E-state index < -0.39 is 0 Å². The van der Waals surface area contributed by atoms with Gasteiger partial charge in [0.25, 0.3) is 0 Å². The number of nitrogens with one attached hydrogen (secondary N) is 1. The van der Waals surface area contributed by atoms with Gasteiger partial charge in [-0.1, -0.05) is 24.3 Å². The van der Waals surface area contributed by atoms with E-state index in [1.54, 1.807) is 11.3 Å². The van der Waals surface area contributed by atoms with Crippen LogP contribution in [0.2, 0.25) is 0 Å². The standard InChI is InChI=1S/C24H28N2O3S/c27-22(25-18-7-8-18)14-17-16-24(29-21-6-2-1-5-20(17)21)9-11-26(12-10-24)23(28)15-19-4-3-13-30-19/h1-6,13,17-18H,7-12,14-16H2,(H,25,27)/t17-/m1/s1. The molecule has 2 aliphatic heterocycles. The normalized spacial score (nSPS) is 22.3. The largest absolute Gasteiger partial charge is 0.487 e. The predicted molar refractivity (Wildman–Crippen MR) is 117 cm³/mol. The second-order valence-electron chi connectivity index (χ2n) is 8.91. The van der Waals surface area contributed by atoms with Crippen molar-refractivity contribution in [3.8, 4) is 5.75 Å². The van der Waals surface area contributed by atoms with Gasteiger partial charge in [-0.05, 0) is 42.3 Å². The Bertz CT molecular complexity index is 914. The number of carbonyl (C=O) groups excluding carboxylic acids is 2. The number of piperidine rings is 1. The molecular formula is C24H28N2O3S. The van der Waals surface area contributed by atoms with Crippen LogP contribution in [0.1, 0.15) is 54.9 Å². The maximum absolute atomic E-state index is 12.7. The second kappa shape index (κ2) is 8.06. The zero-order valence-electron chi connectivity index (χ0n) is 17.1. The van der Waals surface area contributed by atoms with Crippen LogP contribution >= 0.6 is 11.3 Å². The third-order valence-electron chi connectivity index (χ3n) is 6.61. The van der Waals surface area contributed by atoms with Gasteiger partial charge < -0.3 is 15.0 Å². The van der Waals surface area contributed by atoms with Crippen molar-refractivity contribution in [2.75, 3.05) is 13.1 Å². The van der Waals surface area contributed by atoms with Gasteiger partial charge in [0.05, 0.1) is 6.42 Å². The number of amides is 2. The van der Waals surface area contributed by atoms with Gasteiger partial charge in [0.1, 0.15) is 11.4 Å². The Kier molecular flexibility index (Phi) is 5.27. The molecular weight excluding hydrogens is 396 g/mol. The molecule has 2 fully saturated rings. The summed E-state index contributed by atoms with van der Waals surface area (Å²) in [5, 5.41) is 5.15. The van der Waals surface area contributed by atoms with Crippen molar-refractivity contribution >= 4 is 23.2 Å². The molecule has 2 aromatic rings. The molecule has 2 amide bonds. The molecule has 6 heteroatoms. The monoisotopic (exact) mass is 424 g/mol. The Labute approximate surface area is 181 Å². The van der Waals surface area contributed by atoms with Crippen molar-refractivity contribution in [3.05, 3.63) is 52.2 Å². The Balaban J connectivity index is 1.26. The molecule has 1 N–H and O–H groups in total. The van der Waals surface area contributed by atoms with E-state index in [4.69, 9.17) is 4.74 Å². The topological polar surface area (TPSA) is 58.6 Å². The van der Waals surface area contributed by atoms with Crippen molar-refractivity contribution < 1.29 is 14.3 Å². The van der Waals surface area contributed by atoms with Crippen LogP contribution < -0.4 is 10.1 Å². The Morgan fingerprint density at radius 2 is 1.93 bits per heavy atom. The lowest BCUT2D eigenvalue weighted by molar-refractivity contribution is -0.134. The van der Waals surface area contributed by atoms with E-state index in [2.05, 4.69) is 11.4 Å². The zero-order valence-corrected chi connectivity index (χ0v) is 18.0. The van der Waals surface area contributed by atoms with Crippen LogP contribution in [0.3, 0.4) is 0 Å². The molecule has 1 spiro atoms. The minimum absolute atomic E-state index is 0.151. The summed E-state index contributed by atoms with van der Waals surface area (Å²) in [6.45, 7) is 1.43. The van der Waals surface area contributed by atoms with Crippen molar-refractivity contribution in [3.63, 3.8) is 0 Å². The smallest absolute Gasteiger partial charge is 0.227 e. The molecule has 1 saturated carbocycles. The Morgan fingerprint density at radius 3 is 2.67 bits per heavy atom. The third-order valence-corrected chi connectivity index (χ3v) is 7.49. The molecule has 5 rings (SSSR count). The molecule has 0 bridgehead atoms. The number of benzene rings is 1. The SMILES string of the molecule is O=C(C[C@@H]1CC2(CCN(C(=O)Cc3cccs3)CC2)Oc2ccccc21)NC1CC1. The van der Waals surface area contributed by atoms with Gasteiger partial charge in [0.2, 0.25) is 11.8 Å². The van der Waals surface area contributed by atoms with E-state index in [9.17, 15) is 9.59 Å². The van der Waals surface area contributed by atoms with Crippen LogP contribution in [-0.2, 0) is 16.0 Å². The molecule has 3 aliphatic rings. The fourth-order valence-electron chi connectivity index (χ4n) is 4.81. The summed E-state index contributed by atoms with van der Waals surface area (Å²) in [6.07, 6.45) is 5.69. The molecule has 3 heterocycles. The van der Waals surface area contributed by atoms with E-state index >= 15 is 0 Å². The molecule has 5 nitrogen and oxygen atoms in total. The molecule has 1 aromatic heterocycles. The summed E-state index contributed by atoms with van der Waals surface area (Å²) in [6, 6.07) is 12.5. The number of nitrogens with zero attached hydrogens (tertiary/aromatic N) is 1. The molecule has 0 radical (unpaired) electrons. The summed E-state index contributed by atoms with van der Waals surface area (Å²) in [5.74, 6) is 1.43. The molecule has 1 aromatic carbocycles. The summed E-state index contributed by atoms with van der Waals surface area (Å²) in [4.78, 5) is 28.3. The lowest BCUT2D eigenvalue weighted by Crippen LogP contribution is -2.52. The van der Waals surface area contributed by atoms with E-state index in [1.807, 2.05) is 40.6 Å². The van der Waals surface area contributed by atoms with Crippen LogP contribution in [0.5, 0.6) is 5.75 Å². The van der Waals surface area contributed by atoms with Crippen LogP contribution in [-0.4, -0.2) is 41.4 Å². The van der Waals surface area contributed by atoms with E-state index in [1.165, 1.54) is 0 Å². The first-order valence-corrected chi connectivity index (χ1v) is 11.9. The predicted octanol–water partition coefficient (Wildman–Crippen LogP) is 3.89. The van der Waals surface area contributed by atoms with Crippen molar-refractivity contribution in [1.82, 2.24) is 10.2 Å². The van der Waals surface area contributed by atoms with Gasteiger partial charge in [-0.2, -0.15) is 0 Å². The Morgan fingerprint density at radius 1 is 1.13 bits per heavy atom. The van der Waals surface area contributed by atoms with Crippen molar-refractivity contribution in [1.29, 1.82) is 0 Å². The number of hydrogen-bond acceptors (Lipinski definition) is 4. The average molecular weight is 425 g/mol. The molecule has 30 heavy (non-hydrogen) atoms. The Hall–Kier alpha value is -2.34. The fourth-order valence-corrected chi connectivity index (χ4v) is 5.50. The minimum Gasteiger partial charge on any atom is -0.487 e. The second-order valence-corrected chi connectivity index (χ2v) is 9.94. The lowest BCUT2D eigenvalue weighted by atomic mass is 9.76. The number of carbonyl (C=O) groups is 2. The van der Waals surface area contributed by atoms with E-state index in [0.717, 1.165) is 48.3 Å². The third kappa shape index (κ3) is 4.24. The fraction of sp³-hybridized carbons (Fsp3) is 0.500. The maximum Gasteiger partial charge on any atom is 0.227 e. The quantitative estimate of drug-likeness (QED) is 0.792. The number of thiophene rings is 1. The molecule has 1 aliphatic carbocycles. The van der Waals surface area contributed by atoms with Gasteiger partial charge in [-0.15, -0.1) is 11.3 Å². The van der Waals surface area contributed by atoms with Gasteiger partial charge >= 0.3 is 0 Å². The molecule has 1 saturated heterocycles. The molecule has 1 atom stereocenters. The maximum atomic E-state index is 12.7. The number of rotatable bonds is 5. The van der Waals surface area contributed by atoms with E-state index in [0.29, 0.717) is 32.0 Å². The highest BCUT2D eigenvalue weighted by molar-refractivity contribution is 7.10. The highest BCUT2D eigenvalue weighted by atomic mass is 32.1. The van der Waals surface area contributed by atoms with Crippen molar-refractivity contribution in [2.24, 2.45) is 0 Å². The van der Waals surface area contributed by atoms with Crippen LogP contribution in [0, 0.1) is 0 Å². The molecule has 158 valence electrons. The minimum atomic E-state index is -0.279. The molecule has 0 unspecified atom stereocenters. The van der Waals surface area contributed by atoms with Crippen molar-refractivity contribution in [2.45, 2.75) is 62.5 Å². The van der Waals surface area contributed by atoms with Gasteiger partial charge in [-0.3, -0.25) is 9.59 Å². The van der Waals surface area contributed by atoms with E-state index in [-0.39, 0.29) is 23.3 Å². The highest BCUT2D eigenvalue weighted by Crippen LogP contribution is 2.46. The summed E-state index contributed by atoms with van der Waals surface area (Å²) >= 11 is 1.63.